The molecule has 2 N–H and O–H groups in total. The second kappa shape index (κ2) is 6.88. The fourth-order valence-corrected chi connectivity index (χ4v) is 1.69. The molecule has 0 rings (SSSR count). The molecule has 0 fully saturated rings. The van der Waals surface area contributed by atoms with Crippen molar-refractivity contribution in [1.82, 2.24) is 10.6 Å². The molecule has 4 heteroatoms. The third kappa shape index (κ3) is 6.15. The molecule has 0 aliphatic rings. The average Bonchev–Trinajstić information content (AvgIpc) is 2.22. The van der Waals surface area contributed by atoms with Crippen molar-refractivity contribution in [3.63, 3.8) is 0 Å². The summed E-state index contributed by atoms with van der Waals surface area (Å²) >= 11 is 0. The van der Waals surface area contributed by atoms with Gasteiger partial charge in [-0.2, -0.15) is 0 Å². The molecule has 0 aromatic carbocycles. The van der Waals surface area contributed by atoms with Crippen molar-refractivity contribution < 1.29 is 9.59 Å². The van der Waals surface area contributed by atoms with Crippen LogP contribution in [0.5, 0.6) is 0 Å². The Labute approximate surface area is 111 Å². The molecule has 106 valence electrons. The third-order valence-corrected chi connectivity index (χ3v) is 2.73. The molecule has 18 heavy (non-hydrogen) atoms. The van der Waals surface area contributed by atoms with Crippen molar-refractivity contribution in [2.45, 2.75) is 72.5 Å². The van der Waals surface area contributed by atoms with Crippen LogP contribution < -0.4 is 10.6 Å². The second-order valence-corrected chi connectivity index (χ2v) is 6.17. The number of hydrogen-bond acceptors (Lipinski definition) is 3. The van der Waals surface area contributed by atoms with Crippen molar-refractivity contribution >= 4 is 11.7 Å². The summed E-state index contributed by atoms with van der Waals surface area (Å²) in [6, 6.07) is -0.692. The SMILES string of the molecule is CCC(=O)C(C)NC(=O)C(NC(C)(C)C)C(C)C. The minimum atomic E-state index is -0.412. The Morgan fingerprint density at radius 1 is 1.11 bits per heavy atom. The van der Waals surface area contributed by atoms with Gasteiger partial charge in [-0.05, 0) is 33.6 Å². The Balaban J connectivity index is 4.64. The Hall–Kier alpha value is -0.900. The number of carbonyl (C=O) groups is 2. The fraction of sp³-hybridized carbons (Fsp3) is 0.857. The summed E-state index contributed by atoms with van der Waals surface area (Å²) in [5.41, 5.74) is -0.135. The van der Waals surface area contributed by atoms with Crippen LogP contribution in [-0.2, 0) is 9.59 Å². The number of hydrogen-bond donors (Lipinski definition) is 2. The van der Waals surface area contributed by atoms with Crippen molar-refractivity contribution in [3.05, 3.63) is 0 Å². The van der Waals surface area contributed by atoms with Crippen molar-refractivity contribution in [3.8, 4) is 0 Å². The molecule has 0 spiro atoms. The van der Waals surface area contributed by atoms with E-state index < -0.39 is 6.04 Å². The first-order valence-corrected chi connectivity index (χ1v) is 6.69. The van der Waals surface area contributed by atoms with Gasteiger partial charge in [0.05, 0.1) is 12.1 Å². The van der Waals surface area contributed by atoms with Gasteiger partial charge in [0.1, 0.15) is 0 Å². The fourth-order valence-electron chi connectivity index (χ4n) is 1.69. The molecule has 4 nitrogen and oxygen atoms in total. The highest BCUT2D eigenvalue weighted by molar-refractivity contribution is 5.90. The predicted octanol–water partition coefficient (Wildman–Crippen LogP) is 1.88. The summed E-state index contributed by atoms with van der Waals surface area (Å²) in [4.78, 5) is 23.7. The van der Waals surface area contributed by atoms with Crippen LogP contribution in [0.1, 0.15) is 54.9 Å². The van der Waals surface area contributed by atoms with Crippen LogP contribution in [0.3, 0.4) is 0 Å². The maximum Gasteiger partial charge on any atom is 0.237 e. The zero-order valence-corrected chi connectivity index (χ0v) is 12.8. The molecule has 0 aromatic rings. The Morgan fingerprint density at radius 2 is 1.61 bits per heavy atom. The lowest BCUT2D eigenvalue weighted by Crippen LogP contribution is -2.56. The van der Waals surface area contributed by atoms with Gasteiger partial charge in [-0.3, -0.25) is 9.59 Å². The van der Waals surface area contributed by atoms with Gasteiger partial charge in [-0.15, -0.1) is 0 Å². The standard InChI is InChI=1S/C14H28N2O2/c1-8-11(17)10(4)15-13(18)12(9(2)3)16-14(5,6)7/h9-10,12,16H,8H2,1-7H3,(H,15,18). The van der Waals surface area contributed by atoms with Crippen LogP contribution in [-0.4, -0.2) is 29.3 Å². The first-order valence-electron chi connectivity index (χ1n) is 6.69. The molecule has 1 amide bonds. The Kier molecular flexibility index (Phi) is 6.54. The maximum absolute atomic E-state index is 12.2. The molecular weight excluding hydrogens is 228 g/mol. The number of Topliss-reactive ketones (excluding diaryl/α,β-unsaturated/α-hetero) is 1. The molecule has 0 aliphatic carbocycles. The number of carbonyl (C=O) groups excluding carboxylic acids is 2. The van der Waals surface area contributed by atoms with Crippen molar-refractivity contribution in [2.75, 3.05) is 0 Å². The van der Waals surface area contributed by atoms with E-state index in [4.69, 9.17) is 0 Å². The number of amides is 1. The molecule has 0 bridgehead atoms. The molecule has 0 aliphatic heterocycles. The summed E-state index contributed by atoms with van der Waals surface area (Å²) < 4.78 is 0. The molecule has 2 atom stereocenters. The summed E-state index contributed by atoms with van der Waals surface area (Å²) in [5, 5.41) is 6.08. The van der Waals surface area contributed by atoms with Gasteiger partial charge in [-0.25, -0.2) is 0 Å². The van der Waals surface area contributed by atoms with Crippen LogP contribution in [0.2, 0.25) is 0 Å². The lowest BCUT2D eigenvalue weighted by atomic mass is 9.98. The van der Waals surface area contributed by atoms with E-state index >= 15 is 0 Å². The van der Waals surface area contributed by atoms with E-state index in [0.29, 0.717) is 6.42 Å². The van der Waals surface area contributed by atoms with Crippen molar-refractivity contribution in [1.29, 1.82) is 0 Å². The minimum Gasteiger partial charge on any atom is -0.345 e. The van der Waals surface area contributed by atoms with Crippen LogP contribution >= 0.6 is 0 Å². The number of nitrogens with one attached hydrogen (secondary N) is 2. The maximum atomic E-state index is 12.2. The lowest BCUT2D eigenvalue weighted by Gasteiger charge is -2.31. The van der Waals surface area contributed by atoms with E-state index in [0.717, 1.165) is 0 Å². The minimum absolute atomic E-state index is 0.0571. The van der Waals surface area contributed by atoms with Gasteiger partial charge in [-0.1, -0.05) is 20.8 Å². The van der Waals surface area contributed by atoms with Crippen molar-refractivity contribution in [2.24, 2.45) is 5.92 Å². The normalized spacial score (nSPS) is 15.3. The first kappa shape index (κ1) is 17.1. The van der Waals surface area contributed by atoms with Gasteiger partial charge in [0.2, 0.25) is 5.91 Å². The second-order valence-electron chi connectivity index (χ2n) is 6.17. The van der Waals surface area contributed by atoms with Gasteiger partial charge < -0.3 is 10.6 Å². The van der Waals surface area contributed by atoms with Gasteiger partial charge >= 0.3 is 0 Å². The third-order valence-electron chi connectivity index (χ3n) is 2.73. The molecule has 0 radical (unpaired) electrons. The molecule has 0 heterocycles. The van der Waals surface area contributed by atoms with Crippen LogP contribution in [0.15, 0.2) is 0 Å². The van der Waals surface area contributed by atoms with E-state index in [-0.39, 0.29) is 29.2 Å². The van der Waals surface area contributed by atoms with Gasteiger partial charge in [0, 0.05) is 12.0 Å². The van der Waals surface area contributed by atoms with Crippen LogP contribution in [0, 0.1) is 5.92 Å². The zero-order chi connectivity index (χ0) is 14.5. The number of ketones is 1. The summed E-state index contributed by atoms with van der Waals surface area (Å²) in [7, 11) is 0. The first-order chi connectivity index (χ1) is 8.08. The molecule has 0 saturated heterocycles. The molecule has 0 saturated carbocycles. The largest absolute Gasteiger partial charge is 0.345 e. The highest BCUT2D eigenvalue weighted by atomic mass is 16.2. The van der Waals surface area contributed by atoms with Gasteiger partial charge in [0.25, 0.3) is 0 Å². The quantitative estimate of drug-likeness (QED) is 0.763. The summed E-state index contributed by atoms with van der Waals surface area (Å²) in [6.07, 6.45) is 0.445. The molecule has 2 unspecified atom stereocenters. The summed E-state index contributed by atoms with van der Waals surface area (Å²) in [6.45, 7) is 13.6. The summed E-state index contributed by atoms with van der Waals surface area (Å²) in [5.74, 6) is 0.129. The molecular formula is C14H28N2O2. The van der Waals surface area contributed by atoms with E-state index in [1.807, 2.05) is 34.6 Å². The smallest absolute Gasteiger partial charge is 0.237 e. The van der Waals surface area contributed by atoms with Gasteiger partial charge in [0.15, 0.2) is 5.78 Å². The van der Waals surface area contributed by atoms with E-state index in [1.165, 1.54) is 0 Å². The average molecular weight is 256 g/mol. The monoisotopic (exact) mass is 256 g/mol. The zero-order valence-electron chi connectivity index (χ0n) is 12.8. The highest BCUT2D eigenvalue weighted by Crippen LogP contribution is 2.09. The molecule has 0 aromatic heterocycles. The topological polar surface area (TPSA) is 58.2 Å². The van der Waals surface area contributed by atoms with E-state index in [1.54, 1.807) is 13.8 Å². The highest BCUT2D eigenvalue weighted by Gasteiger charge is 2.28. The predicted molar refractivity (Wildman–Crippen MR) is 74.4 cm³/mol. The Bertz CT molecular complexity index is 293. The Morgan fingerprint density at radius 3 is 1.94 bits per heavy atom. The van der Waals surface area contributed by atoms with E-state index in [2.05, 4.69) is 10.6 Å². The van der Waals surface area contributed by atoms with Crippen LogP contribution in [0.25, 0.3) is 0 Å². The van der Waals surface area contributed by atoms with E-state index in [9.17, 15) is 9.59 Å². The van der Waals surface area contributed by atoms with Crippen LogP contribution in [0.4, 0.5) is 0 Å². The number of rotatable bonds is 6. The lowest BCUT2D eigenvalue weighted by molar-refractivity contribution is -0.129.